The van der Waals surface area contributed by atoms with Crippen LogP contribution in [0.15, 0.2) is 95.9 Å². The van der Waals surface area contributed by atoms with Crippen molar-refractivity contribution in [1.29, 1.82) is 0 Å². The van der Waals surface area contributed by atoms with Crippen molar-refractivity contribution in [3.63, 3.8) is 0 Å². The van der Waals surface area contributed by atoms with Crippen LogP contribution in [0.1, 0.15) is 18.1 Å². The molecule has 13 heteroatoms. The van der Waals surface area contributed by atoms with Crippen molar-refractivity contribution in [2.75, 3.05) is 38.7 Å². The zero-order valence-corrected chi connectivity index (χ0v) is 28.6. The van der Waals surface area contributed by atoms with Crippen LogP contribution < -0.4 is 23.8 Å². The number of benzene rings is 4. The van der Waals surface area contributed by atoms with Crippen molar-refractivity contribution in [3.05, 3.63) is 113 Å². The summed E-state index contributed by atoms with van der Waals surface area (Å²) in [5.41, 5.74) is 1.30. The number of likely N-dealkylation sites (N-methyl/N-ethyl adjacent to an activating group) is 1. The first-order valence-electron chi connectivity index (χ1n) is 15.0. The fourth-order valence-electron chi connectivity index (χ4n) is 5.11. The molecule has 0 fully saturated rings. The molecule has 2 amide bonds. The average Bonchev–Trinajstić information content (AvgIpc) is 3.09. The lowest BCUT2D eigenvalue weighted by molar-refractivity contribution is -0.140. The number of methoxy groups -OCH3 is 3. The van der Waals surface area contributed by atoms with Gasteiger partial charge in [0.05, 0.1) is 31.9 Å². The summed E-state index contributed by atoms with van der Waals surface area (Å²) in [6.07, 6.45) is 0.128. The van der Waals surface area contributed by atoms with E-state index < -0.39 is 40.2 Å². The SMILES string of the molecule is CCNC(=O)C(Cc1ccccc1)N(Cc1ccc(F)cc1)C(=O)CN(c1cc(Cl)ccc1OC)S(=O)(=O)c1ccc(OC)c(OC)c1. The lowest BCUT2D eigenvalue weighted by atomic mass is 10.0. The van der Waals surface area contributed by atoms with E-state index in [2.05, 4.69) is 5.32 Å². The highest BCUT2D eigenvalue weighted by molar-refractivity contribution is 7.92. The second-order valence-corrected chi connectivity index (χ2v) is 12.9. The van der Waals surface area contributed by atoms with Crippen molar-refractivity contribution in [3.8, 4) is 17.2 Å². The molecule has 254 valence electrons. The van der Waals surface area contributed by atoms with Gasteiger partial charge in [-0.15, -0.1) is 0 Å². The Morgan fingerprint density at radius 3 is 2.10 bits per heavy atom. The molecular formula is C35H37ClFN3O7S. The minimum atomic E-state index is -4.52. The van der Waals surface area contributed by atoms with Crippen molar-refractivity contribution < 1.29 is 36.6 Å². The van der Waals surface area contributed by atoms with Gasteiger partial charge in [0.25, 0.3) is 10.0 Å². The molecule has 0 aliphatic heterocycles. The van der Waals surface area contributed by atoms with Gasteiger partial charge in [0.2, 0.25) is 11.8 Å². The van der Waals surface area contributed by atoms with Crippen molar-refractivity contribution in [2.24, 2.45) is 0 Å². The molecule has 0 radical (unpaired) electrons. The average molecular weight is 698 g/mol. The summed E-state index contributed by atoms with van der Waals surface area (Å²) in [5.74, 6) is -1.04. The summed E-state index contributed by atoms with van der Waals surface area (Å²) < 4.78 is 59.8. The second-order valence-electron chi connectivity index (χ2n) is 10.6. The van der Waals surface area contributed by atoms with Crippen LogP contribution in [0.2, 0.25) is 5.02 Å². The number of halogens is 2. The van der Waals surface area contributed by atoms with Crippen LogP contribution in [0.25, 0.3) is 0 Å². The highest BCUT2D eigenvalue weighted by atomic mass is 35.5. The van der Waals surface area contributed by atoms with Crippen LogP contribution in [0, 0.1) is 5.82 Å². The summed E-state index contributed by atoms with van der Waals surface area (Å²) in [6.45, 7) is 1.18. The number of hydrogen-bond acceptors (Lipinski definition) is 7. The molecule has 48 heavy (non-hydrogen) atoms. The molecule has 0 aromatic heterocycles. The Bertz CT molecular complexity index is 1830. The molecule has 10 nitrogen and oxygen atoms in total. The Kier molecular flexibility index (Phi) is 12.3. The van der Waals surface area contributed by atoms with Gasteiger partial charge < -0.3 is 24.4 Å². The molecule has 4 aromatic rings. The Labute approximate surface area is 285 Å². The summed E-state index contributed by atoms with van der Waals surface area (Å²) in [6, 6.07) is 22.0. The Hall–Kier alpha value is -4.81. The highest BCUT2D eigenvalue weighted by Gasteiger charge is 2.36. The number of anilines is 1. The van der Waals surface area contributed by atoms with Gasteiger partial charge in [0, 0.05) is 30.6 Å². The van der Waals surface area contributed by atoms with E-state index in [9.17, 15) is 22.4 Å². The molecule has 4 rings (SSSR count). The molecule has 0 saturated carbocycles. The van der Waals surface area contributed by atoms with Gasteiger partial charge in [-0.1, -0.05) is 54.1 Å². The van der Waals surface area contributed by atoms with Crippen LogP contribution >= 0.6 is 11.6 Å². The number of carbonyl (C=O) groups is 2. The molecule has 0 bridgehead atoms. The lowest BCUT2D eigenvalue weighted by Gasteiger charge is -2.34. The Morgan fingerprint density at radius 2 is 1.48 bits per heavy atom. The van der Waals surface area contributed by atoms with Gasteiger partial charge in [-0.25, -0.2) is 12.8 Å². The fourth-order valence-corrected chi connectivity index (χ4v) is 6.71. The van der Waals surface area contributed by atoms with Crippen LogP contribution in [-0.4, -0.2) is 65.6 Å². The van der Waals surface area contributed by atoms with E-state index in [0.717, 1.165) is 9.87 Å². The van der Waals surface area contributed by atoms with Gasteiger partial charge in [0.15, 0.2) is 11.5 Å². The number of nitrogens with zero attached hydrogens (tertiary/aromatic N) is 2. The zero-order chi connectivity index (χ0) is 34.8. The van der Waals surface area contributed by atoms with Gasteiger partial charge in [0.1, 0.15) is 24.2 Å². The third-order valence-corrected chi connectivity index (χ3v) is 9.51. The normalized spacial score (nSPS) is 11.7. The molecule has 4 aromatic carbocycles. The molecule has 1 unspecified atom stereocenters. The van der Waals surface area contributed by atoms with Crippen LogP contribution in [-0.2, 0) is 32.6 Å². The molecule has 0 aliphatic rings. The predicted octanol–water partition coefficient (Wildman–Crippen LogP) is 5.48. The van der Waals surface area contributed by atoms with Crippen LogP contribution in [0.5, 0.6) is 17.2 Å². The number of carbonyl (C=O) groups excluding carboxylic acids is 2. The standard InChI is InChI=1S/C35H37ClFN3O7S/c1-5-38-35(42)30(19-24-9-7-6-8-10-24)39(22-25-11-14-27(37)15-12-25)34(41)23-40(29-20-26(36)13-17-31(29)45-2)48(43,44)28-16-18-32(46-3)33(21-28)47-4/h6-18,20-21,30H,5,19,22-23H2,1-4H3,(H,38,42). The van der Waals surface area contributed by atoms with Crippen LogP contribution in [0.4, 0.5) is 10.1 Å². The van der Waals surface area contributed by atoms with Gasteiger partial charge in [-0.2, -0.15) is 0 Å². The highest BCUT2D eigenvalue weighted by Crippen LogP contribution is 2.37. The number of amides is 2. The smallest absolute Gasteiger partial charge is 0.265 e. The first-order chi connectivity index (χ1) is 23.0. The predicted molar refractivity (Wildman–Crippen MR) is 182 cm³/mol. The Morgan fingerprint density at radius 1 is 0.833 bits per heavy atom. The van der Waals surface area contributed by atoms with Crippen LogP contribution in [0.3, 0.4) is 0 Å². The maximum atomic E-state index is 14.6. The van der Waals surface area contributed by atoms with Gasteiger partial charge in [-0.05, 0) is 60.5 Å². The molecular weight excluding hydrogens is 661 g/mol. The fraction of sp³-hybridized carbons (Fsp3) is 0.257. The Balaban J connectivity index is 1.87. The topological polar surface area (TPSA) is 114 Å². The van der Waals surface area contributed by atoms with Gasteiger partial charge in [-0.3, -0.25) is 13.9 Å². The van der Waals surface area contributed by atoms with E-state index in [-0.39, 0.29) is 40.1 Å². The third kappa shape index (κ3) is 8.55. The molecule has 0 heterocycles. The summed E-state index contributed by atoms with van der Waals surface area (Å²) in [7, 11) is -0.366. The first kappa shape index (κ1) is 36.0. The summed E-state index contributed by atoms with van der Waals surface area (Å²) in [5, 5.41) is 2.99. The number of sulfonamides is 1. The van der Waals surface area contributed by atoms with E-state index in [1.165, 1.54) is 86.9 Å². The maximum Gasteiger partial charge on any atom is 0.265 e. The van der Waals surface area contributed by atoms with Crippen molar-refractivity contribution in [2.45, 2.75) is 30.8 Å². The first-order valence-corrected chi connectivity index (χ1v) is 16.8. The molecule has 0 aliphatic carbocycles. The number of nitrogens with one attached hydrogen (secondary N) is 1. The minimum Gasteiger partial charge on any atom is -0.495 e. The maximum absolute atomic E-state index is 14.6. The van der Waals surface area contributed by atoms with Gasteiger partial charge >= 0.3 is 0 Å². The molecule has 0 saturated heterocycles. The molecule has 0 spiro atoms. The number of hydrogen-bond donors (Lipinski definition) is 1. The summed E-state index contributed by atoms with van der Waals surface area (Å²) >= 11 is 6.34. The zero-order valence-electron chi connectivity index (χ0n) is 27.0. The minimum absolute atomic E-state index is 0.00696. The van der Waals surface area contributed by atoms with E-state index in [1.54, 1.807) is 6.92 Å². The number of rotatable bonds is 15. The van der Waals surface area contributed by atoms with Crippen molar-refractivity contribution in [1.82, 2.24) is 10.2 Å². The summed E-state index contributed by atoms with van der Waals surface area (Å²) in [4.78, 5) is 29.3. The van der Waals surface area contributed by atoms with E-state index in [4.69, 9.17) is 25.8 Å². The second kappa shape index (κ2) is 16.3. The lowest BCUT2D eigenvalue weighted by Crippen LogP contribution is -2.53. The van der Waals surface area contributed by atoms with E-state index >= 15 is 0 Å². The quantitative estimate of drug-likeness (QED) is 0.175. The molecule has 1 atom stereocenters. The monoisotopic (exact) mass is 697 g/mol. The molecule has 1 N–H and O–H groups in total. The third-order valence-electron chi connectivity index (χ3n) is 7.52. The largest absolute Gasteiger partial charge is 0.495 e. The van der Waals surface area contributed by atoms with E-state index in [1.807, 2.05) is 30.3 Å². The van der Waals surface area contributed by atoms with E-state index in [0.29, 0.717) is 17.9 Å². The number of ether oxygens (including phenoxy) is 3. The van der Waals surface area contributed by atoms with Crippen molar-refractivity contribution >= 4 is 39.1 Å².